The van der Waals surface area contributed by atoms with Gasteiger partial charge in [-0.15, -0.1) is 0 Å². The molecular formula is C17H16ClFN2O2. The first-order valence-electron chi connectivity index (χ1n) is 7.05. The van der Waals surface area contributed by atoms with Crippen LogP contribution in [0, 0.1) is 5.82 Å². The molecule has 2 amide bonds. The summed E-state index contributed by atoms with van der Waals surface area (Å²) in [6.45, 7) is 1.97. The first-order chi connectivity index (χ1) is 11.0. The molecular weight excluding hydrogens is 319 g/mol. The molecule has 0 saturated heterocycles. The number of carbonyl (C=O) groups excluding carboxylic acids is 2. The number of nitrogens with zero attached hydrogens (tertiary/aromatic N) is 1. The van der Waals surface area contributed by atoms with E-state index >= 15 is 0 Å². The Morgan fingerprint density at radius 1 is 1.17 bits per heavy atom. The lowest BCUT2D eigenvalue weighted by molar-refractivity contribution is -0.116. The van der Waals surface area contributed by atoms with Gasteiger partial charge in [-0.05, 0) is 36.4 Å². The molecule has 6 heteroatoms. The van der Waals surface area contributed by atoms with E-state index in [2.05, 4.69) is 5.32 Å². The number of hydrogen-bond acceptors (Lipinski definition) is 2. The Morgan fingerprint density at radius 3 is 2.57 bits per heavy atom. The number of halogens is 2. The van der Waals surface area contributed by atoms with Crippen molar-refractivity contribution in [3.05, 3.63) is 64.9 Å². The maximum absolute atomic E-state index is 13.1. The third-order valence-corrected chi connectivity index (χ3v) is 3.44. The van der Waals surface area contributed by atoms with E-state index in [-0.39, 0.29) is 30.5 Å². The van der Waals surface area contributed by atoms with Crippen LogP contribution in [0.2, 0.25) is 5.02 Å². The van der Waals surface area contributed by atoms with Gasteiger partial charge in [0.05, 0.1) is 0 Å². The van der Waals surface area contributed by atoms with Crippen LogP contribution >= 0.6 is 11.6 Å². The van der Waals surface area contributed by atoms with E-state index in [1.807, 2.05) is 0 Å². The first kappa shape index (κ1) is 17.0. The molecule has 1 N–H and O–H groups in total. The van der Waals surface area contributed by atoms with Crippen LogP contribution in [0.4, 0.5) is 10.1 Å². The Balaban J connectivity index is 1.97. The summed E-state index contributed by atoms with van der Waals surface area (Å²) in [5.74, 6) is -1.02. The second-order valence-corrected chi connectivity index (χ2v) is 5.35. The van der Waals surface area contributed by atoms with Gasteiger partial charge in [-0.25, -0.2) is 4.39 Å². The van der Waals surface area contributed by atoms with Gasteiger partial charge in [-0.3, -0.25) is 9.59 Å². The van der Waals surface area contributed by atoms with Gasteiger partial charge in [-0.2, -0.15) is 0 Å². The van der Waals surface area contributed by atoms with Crippen molar-refractivity contribution in [2.24, 2.45) is 0 Å². The number of rotatable bonds is 5. The molecule has 0 fully saturated rings. The Kier molecular flexibility index (Phi) is 5.71. The fourth-order valence-corrected chi connectivity index (χ4v) is 2.31. The molecule has 2 aromatic rings. The van der Waals surface area contributed by atoms with Crippen molar-refractivity contribution in [1.82, 2.24) is 5.32 Å². The second kappa shape index (κ2) is 7.74. The molecule has 120 valence electrons. The predicted molar refractivity (Wildman–Crippen MR) is 88.2 cm³/mol. The molecule has 0 unspecified atom stereocenters. The van der Waals surface area contributed by atoms with Gasteiger partial charge in [0, 0.05) is 36.3 Å². The van der Waals surface area contributed by atoms with Crippen LogP contribution in [0.25, 0.3) is 0 Å². The molecule has 0 aliphatic carbocycles. The predicted octanol–water partition coefficient (Wildman–Crippen LogP) is 3.26. The van der Waals surface area contributed by atoms with E-state index in [1.165, 1.54) is 30.0 Å². The molecule has 0 aliphatic heterocycles. The molecule has 0 radical (unpaired) electrons. The van der Waals surface area contributed by atoms with Crippen molar-refractivity contribution >= 4 is 29.1 Å². The lowest BCUT2D eigenvalue weighted by Crippen LogP contribution is -2.37. The molecule has 4 nitrogen and oxygen atoms in total. The van der Waals surface area contributed by atoms with Crippen molar-refractivity contribution < 1.29 is 14.0 Å². The quantitative estimate of drug-likeness (QED) is 0.912. The van der Waals surface area contributed by atoms with Crippen LogP contribution in [-0.2, 0) is 4.79 Å². The Bertz CT molecular complexity index is 721. The maximum atomic E-state index is 13.1. The van der Waals surface area contributed by atoms with Crippen molar-refractivity contribution in [3.63, 3.8) is 0 Å². The standard InChI is InChI=1S/C17H16ClFN2O2/c1-12(22)21(16-7-3-5-14(18)11-16)9-8-20-17(23)13-4-2-6-15(19)10-13/h2-7,10-11H,8-9H2,1H3,(H,20,23). The first-order valence-corrected chi connectivity index (χ1v) is 7.42. The lowest BCUT2D eigenvalue weighted by Gasteiger charge is -2.21. The zero-order valence-electron chi connectivity index (χ0n) is 12.6. The highest BCUT2D eigenvalue weighted by atomic mass is 35.5. The third kappa shape index (κ3) is 4.79. The highest BCUT2D eigenvalue weighted by Gasteiger charge is 2.12. The topological polar surface area (TPSA) is 49.4 Å². The lowest BCUT2D eigenvalue weighted by atomic mass is 10.2. The van der Waals surface area contributed by atoms with Gasteiger partial charge in [-0.1, -0.05) is 23.7 Å². The summed E-state index contributed by atoms with van der Waals surface area (Å²) in [7, 11) is 0. The van der Waals surface area contributed by atoms with Gasteiger partial charge < -0.3 is 10.2 Å². The zero-order chi connectivity index (χ0) is 16.8. The Labute approximate surface area is 138 Å². The summed E-state index contributed by atoms with van der Waals surface area (Å²) in [5.41, 5.74) is 0.895. The van der Waals surface area contributed by atoms with Crippen LogP contribution < -0.4 is 10.2 Å². The minimum Gasteiger partial charge on any atom is -0.350 e. The molecule has 0 saturated carbocycles. The van der Waals surface area contributed by atoms with Crippen molar-refractivity contribution in [1.29, 1.82) is 0 Å². The Hall–Kier alpha value is -2.40. The van der Waals surface area contributed by atoms with Crippen LogP contribution in [0.1, 0.15) is 17.3 Å². The van der Waals surface area contributed by atoms with Crippen LogP contribution in [-0.4, -0.2) is 24.9 Å². The molecule has 0 bridgehead atoms. The maximum Gasteiger partial charge on any atom is 0.251 e. The Morgan fingerprint density at radius 2 is 1.91 bits per heavy atom. The number of amides is 2. The van der Waals surface area contributed by atoms with E-state index in [0.29, 0.717) is 10.7 Å². The molecule has 0 aliphatic rings. The van der Waals surface area contributed by atoms with Crippen molar-refractivity contribution in [2.75, 3.05) is 18.0 Å². The summed E-state index contributed by atoms with van der Waals surface area (Å²) in [5, 5.41) is 3.19. The average molecular weight is 335 g/mol. The van der Waals surface area contributed by atoms with E-state index in [0.717, 1.165) is 6.07 Å². The molecule has 0 atom stereocenters. The largest absolute Gasteiger partial charge is 0.350 e. The molecule has 23 heavy (non-hydrogen) atoms. The van der Waals surface area contributed by atoms with Gasteiger partial charge in [0.15, 0.2) is 0 Å². The van der Waals surface area contributed by atoms with Gasteiger partial charge in [0.25, 0.3) is 5.91 Å². The van der Waals surface area contributed by atoms with Crippen molar-refractivity contribution in [2.45, 2.75) is 6.92 Å². The number of hydrogen-bond donors (Lipinski definition) is 1. The normalized spacial score (nSPS) is 10.2. The second-order valence-electron chi connectivity index (χ2n) is 4.92. The zero-order valence-corrected chi connectivity index (χ0v) is 13.3. The SMILES string of the molecule is CC(=O)N(CCNC(=O)c1cccc(F)c1)c1cccc(Cl)c1. The highest BCUT2D eigenvalue weighted by Crippen LogP contribution is 2.19. The van der Waals surface area contributed by atoms with E-state index in [4.69, 9.17) is 11.6 Å². The third-order valence-electron chi connectivity index (χ3n) is 3.21. The van der Waals surface area contributed by atoms with Crippen LogP contribution in [0.15, 0.2) is 48.5 Å². The fourth-order valence-electron chi connectivity index (χ4n) is 2.13. The number of anilines is 1. The van der Waals surface area contributed by atoms with Crippen LogP contribution in [0.3, 0.4) is 0 Å². The summed E-state index contributed by atoms with van der Waals surface area (Å²) >= 11 is 5.93. The minimum absolute atomic E-state index is 0.160. The van der Waals surface area contributed by atoms with Crippen LogP contribution in [0.5, 0.6) is 0 Å². The monoisotopic (exact) mass is 334 g/mol. The summed E-state index contributed by atoms with van der Waals surface area (Å²) in [4.78, 5) is 25.2. The smallest absolute Gasteiger partial charge is 0.251 e. The minimum atomic E-state index is -0.470. The summed E-state index contributed by atoms with van der Waals surface area (Å²) < 4.78 is 13.1. The molecule has 0 aromatic heterocycles. The molecule has 2 rings (SSSR count). The van der Waals surface area contributed by atoms with E-state index in [1.54, 1.807) is 24.3 Å². The van der Waals surface area contributed by atoms with Gasteiger partial charge in [0.2, 0.25) is 5.91 Å². The summed E-state index contributed by atoms with van der Waals surface area (Å²) in [6, 6.07) is 12.3. The highest BCUT2D eigenvalue weighted by molar-refractivity contribution is 6.30. The van der Waals surface area contributed by atoms with Gasteiger partial charge >= 0.3 is 0 Å². The molecule has 0 heterocycles. The number of carbonyl (C=O) groups is 2. The average Bonchev–Trinajstić information content (AvgIpc) is 2.51. The van der Waals surface area contributed by atoms with Gasteiger partial charge in [0.1, 0.15) is 5.82 Å². The molecule has 2 aromatic carbocycles. The van der Waals surface area contributed by atoms with Crippen molar-refractivity contribution in [3.8, 4) is 0 Å². The number of benzene rings is 2. The fraction of sp³-hybridized carbons (Fsp3) is 0.176. The summed E-state index contributed by atoms with van der Waals surface area (Å²) in [6.07, 6.45) is 0. The van der Waals surface area contributed by atoms with E-state index < -0.39 is 5.82 Å². The van der Waals surface area contributed by atoms with E-state index in [9.17, 15) is 14.0 Å². The molecule has 0 spiro atoms. The number of nitrogens with one attached hydrogen (secondary N) is 1.